The third-order valence-corrected chi connectivity index (χ3v) is 3.08. The van der Waals surface area contributed by atoms with E-state index >= 15 is 0 Å². The first-order valence-electron chi connectivity index (χ1n) is 5.55. The normalized spacial score (nSPS) is 13.3. The summed E-state index contributed by atoms with van der Waals surface area (Å²) in [5, 5.41) is 9.41. The van der Waals surface area contributed by atoms with Crippen molar-refractivity contribution in [2.45, 2.75) is 12.3 Å². The Morgan fingerprint density at radius 2 is 1.76 bits per heavy atom. The lowest BCUT2D eigenvalue weighted by Gasteiger charge is -2.18. The maximum Gasteiger partial charge on any atom is 0.416 e. The summed E-state index contributed by atoms with van der Waals surface area (Å²) in [4.78, 5) is 3.47. The number of pyridine rings is 1. The Labute approximate surface area is 120 Å². The van der Waals surface area contributed by atoms with Crippen LogP contribution in [0.4, 0.5) is 22.0 Å². The number of nitrogens with zero attached hydrogens (tertiary/aromatic N) is 1. The zero-order chi connectivity index (χ0) is 15.8. The average molecular weight is 324 g/mol. The van der Waals surface area contributed by atoms with E-state index in [0.717, 1.165) is 12.4 Å². The van der Waals surface area contributed by atoms with Gasteiger partial charge in [-0.1, -0.05) is 11.6 Å². The first-order chi connectivity index (χ1) is 9.71. The van der Waals surface area contributed by atoms with Gasteiger partial charge in [0.15, 0.2) is 0 Å². The van der Waals surface area contributed by atoms with Gasteiger partial charge in [-0.05, 0) is 18.2 Å². The van der Waals surface area contributed by atoms with Crippen molar-refractivity contribution in [2.75, 3.05) is 0 Å². The van der Waals surface area contributed by atoms with Gasteiger partial charge in [-0.25, -0.2) is 8.78 Å². The maximum atomic E-state index is 13.7. The zero-order valence-corrected chi connectivity index (χ0v) is 10.9. The van der Waals surface area contributed by atoms with Gasteiger partial charge < -0.3 is 5.11 Å². The summed E-state index contributed by atoms with van der Waals surface area (Å²) < 4.78 is 65.5. The van der Waals surface area contributed by atoms with Gasteiger partial charge in [-0.15, -0.1) is 0 Å². The SMILES string of the molecule is OC(c1cc(F)c(Cl)cc1F)c1cnccc1C(F)(F)F. The molecule has 1 aromatic carbocycles. The number of aliphatic hydroxyl groups excluding tert-OH is 1. The Hall–Kier alpha value is -1.73. The maximum absolute atomic E-state index is 13.7. The molecule has 0 fully saturated rings. The van der Waals surface area contributed by atoms with Gasteiger partial charge in [0, 0.05) is 23.5 Å². The molecule has 1 atom stereocenters. The van der Waals surface area contributed by atoms with E-state index in [9.17, 15) is 27.1 Å². The highest BCUT2D eigenvalue weighted by Crippen LogP contribution is 2.37. The van der Waals surface area contributed by atoms with Crippen LogP contribution in [0.1, 0.15) is 22.8 Å². The van der Waals surface area contributed by atoms with Gasteiger partial charge in [-0.2, -0.15) is 13.2 Å². The minimum Gasteiger partial charge on any atom is -0.383 e. The fraction of sp³-hybridized carbons (Fsp3) is 0.154. The summed E-state index contributed by atoms with van der Waals surface area (Å²) in [5.74, 6) is -2.17. The number of hydrogen-bond acceptors (Lipinski definition) is 2. The lowest BCUT2D eigenvalue weighted by molar-refractivity contribution is -0.139. The Bertz CT molecular complexity index is 674. The molecule has 2 nitrogen and oxygen atoms in total. The molecule has 112 valence electrons. The Morgan fingerprint density at radius 3 is 2.38 bits per heavy atom. The number of hydrogen-bond donors (Lipinski definition) is 1. The second-order valence-corrected chi connectivity index (χ2v) is 4.56. The van der Waals surface area contributed by atoms with Crippen LogP contribution in [0.5, 0.6) is 0 Å². The van der Waals surface area contributed by atoms with Crippen molar-refractivity contribution >= 4 is 11.6 Å². The van der Waals surface area contributed by atoms with E-state index in [1.165, 1.54) is 0 Å². The molecule has 1 N–H and O–H groups in total. The summed E-state index contributed by atoms with van der Waals surface area (Å²) in [6.45, 7) is 0. The van der Waals surface area contributed by atoms with Crippen LogP contribution in [0.25, 0.3) is 0 Å². The molecular formula is C13H7ClF5NO. The average Bonchev–Trinajstić information content (AvgIpc) is 2.41. The number of aliphatic hydroxyl groups is 1. The Morgan fingerprint density at radius 1 is 1.10 bits per heavy atom. The molecule has 1 unspecified atom stereocenters. The molecule has 0 bridgehead atoms. The van der Waals surface area contributed by atoms with Gasteiger partial charge in [0.2, 0.25) is 0 Å². The third kappa shape index (κ3) is 3.14. The fourth-order valence-electron chi connectivity index (χ4n) is 1.80. The summed E-state index contributed by atoms with van der Waals surface area (Å²) >= 11 is 5.35. The molecule has 0 aliphatic carbocycles. The van der Waals surface area contributed by atoms with E-state index in [4.69, 9.17) is 11.6 Å². The first kappa shape index (κ1) is 15.7. The zero-order valence-electron chi connectivity index (χ0n) is 10.1. The number of benzene rings is 1. The summed E-state index contributed by atoms with van der Waals surface area (Å²) in [6.07, 6.45) is -5.15. The summed E-state index contributed by atoms with van der Waals surface area (Å²) in [6, 6.07) is 1.78. The highest BCUT2D eigenvalue weighted by atomic mass is 35.5. The molecule has 0 aliphatic heterocycles. The molecule has 0 saturated carbocycles. The molecule has 2 rings (SSSR count). The number of aromatic nitrogens is 1. The highest BCUT2D eigenvalue weighted by Gasteiger charge is 2.36. The number of alkyl halides is 3. The minimum absolute atomic E-state index is 0.536. The number of rotatable bonds is 2. The monoisotopic (exact) mass is 323 g/mol. The second kappa shape index (κ2) is 5.57. The lowest BCUT2D eigenvalue weighted by Crippen LogP contribution is -2.14. The predicted molar refractivity (Wildman–Crippen MR) is 64.7 cm³/mol. The third-order valence-electron chi connectivity index (χ3n) is 2.79. The molecule has 2 aromatic rings. The molecule has 1 heterocycles. The standard InChI is InChI=1S/C13H7ClF5NO/c14-9-4-10(15)6(3-11(9)16)12(21)7-5-20-2-1-8(7)13(17,18)19/h1-5,12,21H. The van der Waals surface area contributed by atoms with Crippen molar-refractivity contribution in [3.8, 4) is 0 Å². The van der Waals surface area contributed by atoms with E-state index in [1.54, 1.807) is 0 Å². The van der Waals surface area contributed by atoms with Gasteiger partial charge in [0.25, 0.3) is 0 Å². The van der Waals surface area contributed by atoms with Crippen LogP contribution < -0.4 is 0 Å². The highest BCUT2D eigenvalue weighted by molar-refractivity contribution is 6.30. The van der Waals surface area contributed by atoms with E-state index < -0.39 is 45.6 Å². The van der Waals surface area contributed by atoms with E-state index in [0.29, 0.717) is 18.2 Å². The smallest absolute Gasteiger partial charge is 0.383 e. The summed E-state index contributed by atoms with van der Waals surface area (Å²) in [7, 11) is 0. The fourth-order valence-corrected chi connectivity index (χ4v) is 1.95. The van der Waals surface area contributed by atoms with Crippen molar-refractivity contribution in [3.63, 3.8) is 0 Å². The molecule has 8 heteroatoms. The molecule has 1 aromatic heterocycles. The quantitative estimate of drug-likeness (QED) is 0.666. The van der Waals surface area contributed by atoms with Gasteiger partial charge >= 0.3 is 6.18 Å². The first-order valence-corrected chi connectivity index (χ1v) is 5.93. The van der Waals surface area contributed by atoms with Crippen LogP contribution in [-0.4, -0.2) is 10.1 Å². The van der Waals surface area contributed by atoms with Crippen molar-refractivity contribution in [1.29, 1.82) is 0 Å². The van der Waals surface area contributed by atoms with Gasteiger partial charge in [0.1, 0.15) is 17.7 Å². The van der Waals surface area contributed by atoms with Crippen molar-refractivity contribution in [2.24, 2.45) is 0 Å². The summed E-state index contributed by atoms with van der Waals surface area (Å²) in [5.41, 5.74) is -2.51. The molecule has 0 radical (unpaired) electrons. The van der Waals surface area contributed by atoms with Crippen molar-refractivity contribution in [3.05, 3.63) is 63.9 Å². The van der Waals surface area contributed by atoms with Crippen LogP contribution in [0.2, 0.25) is 5.02 Å². The minimum atomic E-state index is -4.76. The molecule has 0 amide bonds. The van der Waals surface area contributed by atoms with Crippen molar-refractivity contribution < 1.29 is 27.1 Å². The predicted octanol–water partition coefficient (Wildman–Crippen LogP) is 4.11. The van der Waals surface area contributed by atoms with E-state index in [2.05, 4.69) is 4.98 Å². The molecule has 21 heavy (non-hydrogen) atoms. The lowest BCUT2D eigenvalue weighted by atomic mass is 9.98. The van der Waals surface area contributed by atoms with E-state index in [1.807, 2.05) is 0 Å². The van der Waals surface area contributed by atoms with E-state index in [-0.39, 0.29) is 0 Å². The van der Waals surface area contributed by atoms with Crippen LogP contribution in [0.3, 0.4) is 0 Å². The molecule has 0 saturated heterocycles. The molecular weight excluding hydrogens is 317 g/mol. The topological polar surface area (TPSA) is 33.1 Å². The Balaban J connectivity index is 2.56. The Kier molecular flexibility index (Phi) is 4.15. The second-order valence-electron chi connectivity index (χ2n) is 4.15. The van der Waals surface area contributed by atoms with Crippen LogP contribution in [0, 0.1) is 11.6 Å². The van der Waals surface area contributed by atoms with Crippen LogP contribution in [-0.2, 0) is 6.18 Å². The molecule has 0 spiro atoms. The number of halogens is 6. The van der Waals surface area contributed by atoms with Crippen LogP contribution in [0.15, 0.2) is 30.6 Å². The van der Waals surface area contributed by atoms with Gasteiger partial charge in [0.05, 0.1) is 10.6 Å². The van der Waals surface area contributed by atoms with Gasteiger partial charge in [-0.3, -0.25) is 4.98 Å². The largest absolute Gasteiger partial charge is 0.416 e. The molecule has 0 aliphatic rings. The van der Waals surface area contributed by atoms with Crippen LogP contribution >= 0.6 is 11.6 Å². The van der Waals surface area contributed by atoms with Crippen molar-refractivity contribution in [1.82, 2.24) is 4.98 Å².